The maximum absolute atomic E-state index is 5.93. The van der Waals surface area contributed by atoms with Gasteiger partial charge in [-0.2, -0.15) is 0 Å². The molecule has 0 aliphatic rings. The van der Waals surface area contributed by atoms with Gasteiger partial charge in [0.2, 0.25) is 0 Å². The summed E-state index contributed by atoms with van der Waals surface area (Å²) < 4.78 is 0. The molecular weight excluding hydrogens is 320 g/mol. The molecule has 2 rings (SSSR count). The van der Waals surface area contributed by atoms with Crippen LogP contribution in [0.15, 0.2) is 47.4 Å². The predicted molar refractivity (Wildman–Crippen MR) is 97.6 cm³/mol. The van der Waals surface area contributed by atoms with E-state index in [4.69, 9.17) is 29.6 Å². The zero-order valence-corrected chi connectivity index (χ0v) is 14.3. The van der Waals surface area contributed by atoms with Crippen LogP contribution in [-0.2, 0) is 0 Å². The van der Waals surface area contributed by atoms with Gasteiger partial charge in [0.25, 0.3) is 0 Å². The summed E-state index contributed by atoms with van der Waals surface area (Å²) >= 11 is 12.8. The molecule has 0 aliphatic carbocycles. The zero-order chi connectivity index (χ0) is 15.4. The number of thiocarbonyl (C=S) groups is 1. The first-order valence-electron chi connectivity index (χ1n) is 6.51. The van der Waals surface area contributed by atoms with Crippen LogP contribution in [0.1, 0.15) is 24.1 Å². The Morgan fingerprint density at radius 1 is 1.24 bits per heavy atom. The Kier molecular flexibility index (Phi) is 5.51. The van der Waals surface area contributed by atoms with Crippen molar-refractivity contribution < 1.29 is 0 Å². The van der Waals surface area contributed by atoms with Crippen LogP contribution in [-0.4, -0.2) is 11.2 Å². The second kappa shape index (κ2) is 7.16. The molecule has 21 heavy (non-hydrogen) atoms. The van der Waals surface area contributed by atoms with E-state index >= 15 is 0 Å². The Labute approximate surface area is 140 Å². The number of hydrogen-bond acceptors (Lipinski definition) is 3. The Hall–Kier alpha value is -1.23. The summed E-state index contributed by atoms with van der Waals surface area (Å²) in [4.78, 5) is 1.49. The number of halogens is 1. The van der Waals surface area contributed by atoms with Gasteiger partial charge in [0.1, 0.15) is 4.99 Å². The van der Waals surface area contributed by atoms with E-state index in [0.29, 0.717) is 4.99 Å². The molecule has 0 saturated carbocycles. The number of benzene rings is 2. The third kappa shape index (κ3) is 3.90. The number of thioether (sulfide) groups is 1. The Morgan fingerprint density at radius 3 is 2.48 bits per heavy atom. The van der Waals surface area contributed by atoms with Crippen molar-refractivity contribution in [2.75, 3.05) is 11.6 Å². The second-order valence-electron chi connectivity index (χ2n) is 4.66. The van der Waals surface area contributed by atoms with Gasteiger partial charge in [0, 0.05) is 27.2 Å². The fourth-order valence-corrected chi connectivity index (χ4v) is 3.19. The number of rotatable bonds is 5. The van der Waals surface area contributed by atoms with Crippen LogP contribution < -0.4 is 11.1 Å². The van der Waals surface area contributed by atoms with E-state index in [2.05, 4.69) is 12.2 Å². The van der Waals surface area contributed by atoms with Crippen molar-refractivity contribution >= 4 is 46.3 Å². The van der Waals surface area contributed by atoms with Crippen LogP contribution in [0.3, 0.4) is 0 Å². The number of nitrogens with two attached hydrogens (primary N) is 1. The molecule has 0 radical (unpaired) electrons. The lowest BCUT2D eigenvalue weighted by molar-refractivity contribution is 0.883. The lowest BCUT2D eigenvalue weighted by atomic mass is 10.1. The molecule has 2 nitrogen and oxygen atoms in total. The lowest BCUT2D eigenvalue weighted by Crippen LogP contribution is -2.16. The van der Waals surface area contributed by atoms with E-state index in [0.717, 1.165) is 26.7 Å². The minimum absolute atomic E-state index is 0.132. The van der Waals surface area contributed by atoms with Crippen molar-refractivity contribution in [3.63, 3.8) is 0 Å². The maximum atomic E-state index is 5.93. The van der Waals surface area contributed by atoms with E-state index < -0.39 is 0 Å². The zero-order valence-electron chi connectivity index (χ0n) is 11.9. The van der Waals surface area contributed by atoms with Crippen molar-refractivity contribution in [1.82, 2.24) is 0 Å². The molecule has 0 saturated heterocycles. The van der Waals surface area contributed by atoms with Gasteiger partial charge < -0.3 is 11.1 Å². The summed E-state index contributed by atoms with van der Waals surface area (Å²) in [5.74, 6) is 0. The molecule has 2 aromatic carbocycles. The summed E-state index contributed by atoms with van der Waals surface area (Å²) in [5.41, 5.74) is 8.90. The molecule has 0 bridgehead atoms. The van der Waals surface area contributed by atoms with Gasteiger partial charge >= 0.3 is 0 Å². The van der Waals surface area contributed by atoms with Gasteiger partial charge in [-0.15, -0.1) is 11.8 Å². The standard InChI is InChI=1S/C16H17ClN2S2/c1-10(11-6-8-12(17)9-7-11)19-13-4-3-5-14(21-2)15(13)16(18)20/h3-10,19H,1-2H3,(H2,18,20). The fourth-order valence-electron chi connectivity index (χ4n) is 2.14. The van der Waals surface area contributed by atoms with Gasteiger partial charge in [-0.3, -0.25) is 0 Å². The van der Waals surface area contributed by atoms with Crippen molar-refractivity contribution in [1.29, 1.82) is 0 Å². The highest BCUT2D eigenvalue weighted by atomic mass is 35.5. The monoisotopic (exact) mass is 336 g/mol. The third-order valence-corrected chi connectivity index (χ3v) is 4.47. The van der Waals surface area contributed by atoms with Crippen LogP contribution in [0.5, 0.6) is 0 Å². The highest BCUT2D eigenvalue weighted by Gasteiger charge is 2.13. The number of anilines is 1. The number of nitrogens with one attached hydrogen (secondary N) is 1. The van der Waals surface area contributed by atoms with Crippen molar-refractivity contribution in [2.45, 2.75) is 17.9 Å². The molecule has 0 aliphatic heterocycles. The van der Waals surface area contributed by atoms with Crippen LogP contribution in [0.2, 0.25) is 5.02 Å². The molecule has 110 valence electrons. The molecule has 0 aromatic heterocycles. The average molecular weight is 337 g/mol. The average Bonchev–Trinajstić information content (AvgIpc) is 2.47. The van der Waals surface area contributed by atoms with E-state index in [1.54, 1.807) is 11.8 Å². The van der Waals surface area contributed by atoms with Gasteiger partial charge in [0.15, 0.2) is 0 Å². The maximum Gasteiger partial charge on any atom is 0.107 e. The van der Waals surface area contributed by atoms with Crippen LogP contribution in [0.25, 0.3) is 0 Å². The molecule has 1 unspecified atom stereocenters. The van der Waals surface area contributed by atoms with Crippen molar-refractivity contribution in [2.24, 2.45) is 5.73 Å². The normalized spacial score (nSPS) is 12.0. The summed E-state index contributed by atoms with van der Waals surface area (Å²) in [6.07, 6.45) is 2.02. The highest BCUT2D eigenvalue weighted by molar-refractivity contribution is 7.98. The predicted octanol–water partition coefficient (Wildman–Crippen LogP) is 4.87. The first-order chi connectivity index (χ1) is 10.0. The minimum Gasteiger partial charge on any atom is -0.389 e. The van der Waals surface area contributed by atoms with Crippen molar-refractivity contribution in [3.8, 4) is 0 Å². The first-order valence-corrected chi connectivity index (χ1v) is 8.53. The highest BCUT2D eigenvalue weighted by Crippen LogP contribution is 2.30. The lowest BCUT2D eigenvalue weighted by Gasteiger charge is -2.19. The van der Waals surface area contributed by atoms with E-state index in [9.17, 15) is 0 Å². The molecule has 0 heterocycles. The Bertz CT molecular complexity index is 641. The van der Waals surface area contributed by atoms with E-state index in [1.165, 1.54) is 0 Å². The van der Waals surface area contributed by atoms with Gasteiger partial charge in [-0.25, -0.2) is 0 Å². The Balaban J connectivity index is 2.30. The van der Waals surface area contributed by atoms with Crippen molar-refractivity contribution in [3.05, 3.63) is 58.6 Å². The fraction of sp³-hybridized carbons (Fsp3) is 0.188. The van der Waals surface area contributed by atoms with Crippen LogP contribution in [0.4, 0.5) is 5.69 Å². The van der Waals surface area contributed by atoms with Crippen LogP contribution in [0, 0.1) is 0 Å². The quantitative estimate of drug-likeness (QED) is 0.603. The van der Waals surface area contributed by atoms with Crippen LogP contribution >= 0.6 is 35.6 Å². The molecular formula is C16H17ClN2S2. The number of hydrogen-bond donors (Lipinski definition) is 2. The minimum atomic E-state index is 0.132. The largest absolute Gasteiger partial charge is 0.389 e. The topological polar surface area (TPSA) is 38.0 Å². The SMILES string of the molecule is CSc1cccc(NC(C)c2ccc(Cl)cc2)c1C(N)=S. The third-order valence-electron chi connectivity index (χ3n) is 3.23. The summed E-state index contributed by atoms with van der Waals surface area (Å²) in [6, 6.07) is 14.0. The molecule has 0 fully saturated rings. The first kappa shape index (κ1) is 16.1. The second-order valence-corrected chi connectivity index (χ2v) is 6.39. The van der Waals surface area contributed by atoms with Gasteiger partial charge in [0.05, 0.1) is 0 Å². The summed E-state index contributed by atoms with van der Waals surface area (Å²) in [5, 5.41) is 4.21. The summed E-state index contributed by atoms with van der Waals surface area (Å²) in [6.45, 7) is 2.10. The van der Waals surface area contributed by atoms with E-state index in [1.807, 2.05) is 48.7 Å². The smallest absolute Gasteiger partial charge is 0.107 e. The van der Waals surface area contributed by atoms with Gasteiger partial charge in [-0.1, -0.05) is 42.0 Å². The molecule has 1 atom stereocenters. The summed E-state index contributed by atoms with van der Waals surface area (Å²) in [7, 11) is 0. The molecule has 5 heteroatoms. The Morgan fingerprint density at radius 2 is 1.90 bits per heavy atom. The molecule has 2 aromatic rings. The molecule has 3 N–H and O–H groups in total. The van der Waals surface area contributed by atoms with Gasteiger partial charge in [-0.05, 0) is 43.0 Å². The molecule has 0 spiro atoms. The van der Waals surface area contributed by atoms with E-state index in [-0.39, 0.29) is 6.04 Å². The molecule has 0 amide bonds.